The number of aromatic nitrogens is 2. The highest BCUT2D eigenvalue weighted by Crippen LogP contribution is 2.17. The molecule has 0 aliphatic carbocycles. The van der Waals surface area contributed by atoms with Gasteiger partial charge in [0, 0.05) is 24.0 Å². The van der Waals surface area contributed by atoms with Gasteiger partial charge in [-0.2, -0.15) is 4.98 Å². The number of nitrogens with one attached hydrogen (secondary N) is 2. The summed E-state index contributed by atoms with van der Waals surface area (Å²) < 4.78 is 0. The van der Waals surface area contributed by atoms with Crippen LogP contribution in [0.15, 0.2) is 43.0 Å². The molecule has 2 rings (SSSR count). The van der Waals surface area contributed by atoms with E-state index in [-0.39, 0.29) is 5.56 Å². The Labute approximate surface area is 122 Å². The SMILES string of the molecule is C=CCNc1nc(C)cc(Nc2ccc(C(=O)O)cc2)n1. The summed E-state index contributed by atoms with van der Waals surface area (Å²) in [4.78, 5) is 19.4. The largest absolute Gasteiger partial charge is 0.478 e. The predicted octanol–water partition coefficient (Wildman–Crippen LogP) is 2.82. The monoisotopic (exact) mass is 284 g/mol. The summed E-state index contributed by atoms with van der Waals surface area (Å²) in [5.41, 5.74) is 1.82. The second-order valence-electron chi connectivity index (χ2n) is 4.40. The highest BCUT2D eigenvalue weighted by Gasteiger charge is 2.04. The first-order valence-electron chi connectivity index (χ1n) is 6.39. The molecule has 0 aliphatic rings. The number of nitrogens with zero attached hydrogens (tertiary/aromatic N) is 2. The molecule has 6 nitrogen and oxygen atoms in total. The average Bonchev–Trinajstić information content (AvgIpc) is 2.45. The number of hydrogen-bond acceptors (Lipinski definition) is 5. The molecule has 6 heteroatoms. The van der Waals surface area contributed by atoms with Gasteiger partial charge in [0.15, 0.2) is 0 Å². The van der Waals surface area contributed by atoms with Crippen LogP contribution >= 0.6 is 0 Å². The number of carbonyl (C=O) groups is 1. The number of carboxylic acid groups (broad SMARTS) is 1. The molecule has 0 spiro atoms. The molecule has 0 fully saturated rings. The van der Waals surface area contributed by atoms with Crippen molar-refractivity contribution in [3.63, 3.8) is 0 Å². The lowest BCUT2D eigenvalue weighted by atomic mass is 10.2. The minimum Gasteiger partial charge on any atom is -0.478 e. The van der Waals surface area contributed by atoms with Gasteiger partial charge in [-0.1, -0.05) is 6.08 Å². The molecule has 0 atom stereocenters. The average molecular weight is 284 g/mol. The van der Waals surface area contributed by atoms with Crippen molar-refractivity contribution in [3.8, 4) is 0 Å². The van der Waals surface area contributed by atoms with Gasteiger partial charge in [-0.15, -0.1) is 6.58 Å². The van der Waals surface area contributed by atoms with Crippen LogP contribution in [0.5, 0.6) is 0 Å². The Morgan fingerprint density at radius 3 is 2.67 bits per heavy atom. The fourth-order valence-corrected chi connectivity index (χ4v) is 1.72. The zero-order valence-electron chi connectivity index (χ0n) is 11.6. The van der Waals surface area contributed by atoms with Gasteiger partial charge in [-0.3, -0.25) is 0 Å². The minimum absolute atomic E-state index is 0.243. The smallest absolute Gasteiger partial charge is 0.335 e. The first-order chi connectivity index (χ1) is 10.1. The molecule has 0 bridgehead atoms. The normalized spacial score (nSPS) is 9.95. The van der Waals surface area contributed by atoms with Gasteiger partial charge in [0.1, 0.15) is 5.82 Å². The molecular weight excluding hydrogens is 268 g/mol. The van der Waals surface area contributed by atoms with Gasteiger partial charge in [0.25, 0.3) is 0 Å². The molecule has 0 radical (unpaired) electrons. The van der Waals surface area contributed by atoms with E-state index in [4.69, 9.17) is 5.11 Å². The molecule has 1 heterocycles. The molecule has 0 saturated heterocycles. The van der Waals surface area contributed by atoms with E-state index in [0.29, 0.717) is 18.3 Å². The maximum Gasteiger partial charge on any atom is 0.335 e. The van der Waals surface area contributed by atoms with Gasteiger partial charge in [-0.25, -0.2) is 9.78 Å². The quantitative estimate of drug-likeness (QED) is 0.707. The van der Waals surface area contributed by atoms with Crippen LogP contribution in [0.1, 0.15) is 16.1 Å². The number of rotatable bonds is 6. The summed E-state index contributed by atoms with van der Waals surface area (Å²) in [5, 5.41) is 15.0. The van der Waals surface area contributed by atoms with E-state index >= 15 is 0 Å². The number of aryl methyl sites for hydroxylation is 1. The van der Waals surface area contributed by atoms with E-state index in [1.165, 1.54) is 12.1 Å². The number of aromatic carboxylic acids is 1. The lowest BCUT2D eigenvalue weighted by molar-refractivity contribution is 0.0697. The summed E-state index contributed by atoms with van der Waals surface area (Å²) >= 11 is 0. The third-order valence-corrected chi connectivity index (χ3v) is 2.66. The lowest BCUT2D eigenvalue weighted by Crippen LogP contribution is -2.06. The number of hydrogen-bond donors (Lipinski definition) is 3. The molecule has 0 saturated carbocycles. The second-order valence-corrected chi connectivity index (χ2v) is 4.40. The molecule has 1 aromatic carbocycles. The highest BCUT2D eigenvalue weighted by atomic mass is 16.4. The summed E-state index contributed by atoms with van der Waals surface area (Å²) in [6.07, 6.45) is 1.73. The second kappa shape index (κ2) is 6.51. The molecule has 3 N–H and O–H groups in total. The van der Waals surface area contributed by atoms with Crippen molar-refractivity contribution in [1.29, 1.82) is 0 Å². The maximum atomic E-state index is 10.8. The van der Waals surface area contributed by atoms with Crippen molar-refractivity contribution in [2.24, 2.45) is 0 Å². The van der Waals surface area contributed by atoms with E-state index < -0.39 is 5.97 Å². The highest BCUT2D eigenvalue weighted by molar-refractivity contribution is 5.88. The Bertz CT molecular complexity index is 653. The van der Waals surface area contributed by atoms with Gasteiger partial charge in [0.2, 0.25) is 5.95 Å². The number of carboxylic acids is 1. The van der Waals surface area contributed by atoms with E-state index in [9.17, 15) is 4.79 Å². The summed E-state index contributed by atoms with van der Waals surface area (Å²) in [6.45, 7) is 6.08. The van der Waals surface area contributed by atoms with Crippen LogP contribution in [0, 0.1) is 6.92 Å². The van der Waals surface area contributed by atoms with E-state index in [1.807, 2.05) is 13.0 Å². The van der Waals surface area contributed by atoms with Crippen LogP contribution in [0.2, 0.25) is 0 Å². The molecule has 108 valence electrons. The van der Waals surface area contributed by atoms with Crippen LogP contribution in [0.4, 0.5) is 17.5 Å². The molecule has 0 amide bonds. The third kappa shape index (κ3) is 4.04. The van der Waals surface area contributed by atoms with Gasteiger partial charge < -0.3 is 15.7 Å². The van der Waals surface area contributed by atoms with Crippen molar-refractivity contribution < 1.29 is 9.90 Å². The lowest BCUT2D eigenvalue weighted by Gasteiger charge is -2.09. The summed E-state index contributed by atoms with van der Waals surface area (Å²) in [5.74, 6) is 0.201. The fourth-order valence-electron chi connectivity index (χ4n) is 1.72. The maximum absolute atomic E-state index is 10.8. The van der Waals surface area contributed by atoms with E-state index in [0.717, 1.165) is 11.4 Å². The molecule has 0 unspecified atom stereocenters. The standard InChI is InChI=1S/C15H16N4O2/c1-3-8-16-15-17-10(2)9-13(19-15)18-12-6-4-11(5-7-12)14(20)21/h3-7,9H,1,8H2,2H3,(H,20,21)(H2,16,17,18,19). The van der Waals surface area contributed by atoms with E-state index in [1.54, 1.807) is 18.2 Å². The van der Waals surface area contributed by atoms with Crippen LogP contribution in [-0.4, -0.2) is 27.6 Å². The number of benzene rings is 1. The summed E-state index contributed by atoms with van der Waals surface area (Å²) in [7, 11) is 0. The zero-order chi connectivity index (χ0) is 15.2. The Morgan fingerprint density at radius 1 is 1.33 bits per heavy atom. The Kier molecular flexibility index (Phi) is 4.50. The van der Waals surface area contributed by atoms with Crippen molar-refractivity contribution in [2.45, 2.75) is 6.92 Å². The minimum atomic E-state index is -0.949. The van der Waals surface area contributed by atoms with Gasteiger partial charge >= 0.3 is 5.97 Å². The fraction of sp³-hybridized carbons (Fsp3) is 0.133. The Morgan fingerprint density at radius 2 is 2.05 bits per heavy atom. The number of anilines is 3. The molecule has 1 aromatic heterocycles. The molecular formula is C15H16N4O2. The summed E-state index contributed by atoms with van der Waals surface area (Å²) in [6, 6.07) is 8.27. The van der Waals surface area contributed by atoms with Gasteiger partial charge in [-0.05, 0) is 31.2 Å². The Hall–Kier alpha value is -2.89. The van der Waals surface area contributed by atoms with Crippen molar-refractivity contribution >= 4 is 23.4 Å². The predicted molar refractivity (Wildman–Crippen MR) is 82.1 cm³/mol. The molecule has 0 aliphatic heterocycles. The van der Waals surface area contributed by atoms with Crippen molar-refractivity contribution in [2.75, 3.05) is 17.2 Å². The van der Waals surface area contributed by atoms with Crippen LogP contribution < -0.4 is 10.6 Å². The zero-order valence-corrected chi connectivity index (χ0v) is 11.6. The third-order valence-electron chi connectivity index (χ3n) is 2.66. The van der Waals surface area contributed by atoms with Crippen molar-refractivity contribution in [1.82, 2.24) is 9.97 Å². The van der Waals surface area contributed by atoms with Crippen LogP contribution in [0.3, 0.4) is 0 Å². The van der Waals surface area contributed by atoms with E-state index in [2.05, 4.69) is 27.2 Å². The first kappa shape index (κ1) is 14.5. The van der Waals surface area contributed by atoms with Crippen molar-refractivity contribution in [3.05, 3.63) is 54.2 Å². The topological polar surface area (TPSA) is 87.1 Å². The molecule has 2 aromatic rings. The first-order valence-corrected chi connectivity index (χ1v) is 6.39. The van der Waals surface area contributed by atoms with Gasteiger partial charge in [0.05, 0.1) is 5.56 Å². The van der Waals surface area contributed by atoms with Crippen LogP contribution in [-0.2, 0) is 0 Å². The Balaban J connectivity index is 2.16. The molecule has 21 heavy (non-hydrogen) atoms. The van der Waals surface area contributed by atoms with Crippen LogP contribution in [0.25, 0.3) is 0 Å².